The van der Waals surface area contributed by atoms with Gasteiger partial charge in [0.15, 0.2) is 6.23 Å². The SMILES string of the molecule is C[N+](C)(C)CC(NC(=O)CCCCCCCCCCS)OP(=O)([O-])OC[C@H](O)CO. The number of aliphatic hydroxyl groups excluding tert-OH is 2. The van der Waals surface area contributed by atoms with E-state index in [-0.39, 0.29) is 12.5 Å². The number of amides is 1. The number of nitrogens with zero attached hydrogens (tertiary/aromatic N) is 1. The molecule has 0 bridgehead atoms. The summed E-state index contributed by atoms with van der Waals surface area (Å²) in [5, 5.41) is 20.6. The van der Waals surface area contributed by atoms with Crippen molar-refractivity contribution < 1.29 is 38.0 Å². The summed E-state index contributed by atoms with van der Waals surface area (Å²) in [5.41, 5.74) is 0. The first-order chi connectivity index (χ1) is 14.0. The largest absolute Gasteiger partial charge is 0.756 e. The summed E-state index contributed by atoms with van der Waals surface area (Å²) in [4.78, 5) is 24.2. The topological polar surface area (TPSA) is 128 Å². The second kappa shape index (κ2) is 16.4. The maximum Gasteiger partial charge on any atom is 0.270 e. The number of unbranched alkanes of at least 4 members (excludes halogenated alkanes) is 7. The molecule has 30 heavy (non-hydrogen) atoms. The molecule has 0 rings (SSSR count). The van der Waals surface area contributed by atoms with Crippen molar-refractivity contribution in [1.29, 1.82) is 0 Å². The number of rotatable bonds is 19. The van der Waals surface area contributed by atoms with Gasteiger partial charge >= 0.3 is 0 Å². The molecule has 180 valence electrons. The normalized spacial score (nSPS) is 16.1. The minimum atomic E-state index is -4.76. The Bertz CT molecular complexity index is 506. The van der Waals surface area contributed by atoms with Crippen molar-refractivity contribution in [1.82, 2.24) is 5.32 Å². The zero-order valence-corrected chi connectivity index (χ0v) is 20.4. The maximum absolute atomic E-state index is 12.2. The van der Waals surface area contributed by atoms with Gasteiger partial charge in [-0.3, -0.25) is 13.9 Å². The fraction of sp³-hybridized carbons (Fsp3) is 0.947. The van der Waals surface area contributed by atoms with Crippen molar-refractivity contribution >= 4 is 26.4 Å². The van der Waals surface area contributed by atoms with E-state index in [9.17, 15) is 19.4 Å². The lowest BCUT2D eigenvalue weighted by Gasteiger charge is -2.33. The van der Waals surface area contributed by atoms with E-state index in [4.69, 9.17) is 9.63 Å². The Morgan fingerprint density at radius 3 is 2.13 bits per heavy atom. The van der Waals surface area contributed by atoms with Crippen molar-refractivity contribution in [3.63, 3.8) is 0 Å². The number of carbonyl (C=O) groups excluding carboxylic acids is 1. The first-order valence-electron chi connectivity index (χ1n) is 10.6. The van der Waals surface area contributed by atoms with Crippen LogP contribution in [0.3, 0.4) is 0 Å². The van der Waals surface area contributed by atoms with Crippen molar-refractivity contribution in [2.75, 3.05) is 46.7 Å². The highest BCUT2D eigenvalue weighted by Gasteiger charge is 2.26. The summed E-state index contributed by atoms with van der Waals surface area (Å²) in [5.74, 6) is 0.657. The zero-order valence-electron chi connectivity index (χ0n) is 18.6. The molecular weight excluding hydrogens is 431 g/mol. The van der Waals surface area contributed by atoms with E-state index in [1.807, 2.05) is 21.1 Å². The molecule has 0 aromatic carbocycles. The van der Waals surface area contributed by atoms with Crippen molar-refractivity contribution in [3.8, 4) is 0 Å². The van der Waals surface area contributed by atoms with Crippen LogP contribution in [0.5, 0.6) is 0 Å². The molecule has 0 saturated heterocycles. The van der Waals surface area contributed by atoms with Gasteiger partial charge in [0.05, 0.1) is 34.4 Å². The third kappa shape index (κ3) is 18.6. The van der Waals surface area contributed by atoms with E-state index in [1.165, 1.54) is 19.3 Å². The number of nitrogens with one attached hydrogen (secondary N) is 1. The summed E-state index contributed by atoms with van der Waals surface area (Å²) < 4.78 is 21.9. The van der Waals surface area contributed by atoms with Crippen LogP contribution < -0.4 is 10.2 Å². The molecule has 0 aliphatic heterocycles. The first kappa shape index (κ1) is 29.8. The van der Waals surface area contributed by atoms with Crippen LogP contribution in [0, 0.1) is 0 Å². The Balaban J connectivity index is 4.34. The van der Waals surface area contributed by atoms with Crippen LogP contribution in [0.4, 0.5) is 0 Å². The van der Waals surface area contributed by atoms with Gasteiger partial charge in [0.1, 0.15) is 12.6 Å². The molecule has 0 aliphatic carbocycles. The smallest absolute Gasteiger partial charge is 0.270 e. The van der Waals surface area contributed by atoms with Crippen molar-refractivity contribution in [3.05, 3.63) is 0 Å². The molecule has 2 unspecified atom stereocenters. The average molecular weight is 473 g/mol. The molecule has 11 heteroatoms. The number of phosphoric ester groups is 1. The van der Waals surface area contributed by atoms with Crippen LogP contribution in [0.25, 0.3) is 0 Å². The third-order valence-electron chi connectivity index (χ3n) is 4.24. The molecule has 3 N–H and O–H groups in total. The second-order valence-electron chi connectivity index (χ2n) is 8.52. The van der Waals surface area contributed by atoms with Crippen LogP contribution in [-0.4, -0.2) is 79.6 Å². The number of phosphoric acid groups is 1. The predicted molar refractivity (Wildman–Crippen MR) is 118 cm³/mol. The van der Waals surface area contributed by atoms with E-state index in [0.717, 1.165) is 37.9 Å². The highest BCUT2D eigenvalue weighted by molar-refractivity contribution is 7.80. The fourth-order valence-corrected chi connectivity index (χ4v) is 3.80. The molecule has 0 aliphatic rings. The number of aliphatic hydroxyl groups is 2. The highest BCUT2D eigenvalue weighted by atomic mass is 32.1. The van der Waals surface area contributed by atoms with Gasteiger partial charge in [-0.2, -0.15) is 12.6 Å². The van der Waals surface area contributed by atoms with Crippen LogP contribution in [0.2, 0.25) is 0 Å². The summed E-state index contributed by atoms with van der Waals surface area (Å²) in [6.45, 7) is -1.04. The van der Waals surface area contributed by atoms with E-state index in [2.05, 4.69) is 22.5 Å². The molecule has 3 atom stereocenters. The van der Waals surface area contributed by atoms with E-state index in [1.54, 1.807) is 0 Å². The molecule has 0 fully saturated rings. The highest BCUT2D eigenvalue weighted by Crippen LogP contribution is 2.39. The molecule has 0 heterocycles. The molecule has 1 amide bonds. The predicted octanol–water partition coefficient (Wildman–Crippen LogP) is 1.43. The molecule has 0 radical (unpaired) electrons. The standard InChI is InChI=1S/C19H41N2O7PS/c1-21(2,3)14-19(28-29(25,26)27-16-17(23)15-22)20-18(24)12-10-8-6-4-5-7-9-11-13-30/h17,19,22-23H,4-16H2,1-3H3,(H2-,20,24,25,26,30)/t17-,19?/m1/s1. The average Bonchev–Trinajstić information content (AvgIpc) is 2.63. The lowest BCUT2D eigenvalue weighted by Crippen LogP contribution is -2.50. The van der Waals surface area contributed by atoms with Gasteiger partial charge in [-0.1, -0.05) is 38.5 Å². The Labute approximate surface area is 186 Å². The van der Waals surface area contributed by atoms with E-state index < -0.39 is 33.4 Å². The molecule has 9 nitrogen and oxygen atoms in total. The van der Waals surface area contributed by atoms with E-state index >= 15 is 0 Å². The second-order valence-corrected chi connectivity index (χ2v) is 10.3. The van der Waals surface area contributed by atoms with Gasteiger partial charge in [-0.15, -0.1) is 0 Å². The van der Waals surface area contributed by atoms with Gasteiger partial charge in [0, 0.05) is 6.42 Å². The lowest BCUT2D eigenvalue weighted by atomic mass is 10.1. The van der Waals surface area contributed by atoms with Crippen LogP contribution in [0.15, 0.2) is 0 Å². The van der Waals surface area contributed by atoms with Gasteiger partial charge in [-0.05, 0) is 18.6 Å². The summed E-state index contributed by atoms with van der Waals surface area (Å²) in [7, 11) is 0.753. The van der Waals surface area contributed by atoms with Crippen LogP contribution in [-0.2, 0) is 18.4 Å². The van der Waals surface area contributed by atoms with Crippen molar-refractivity contribution in [2.24, 2.45) is 0 Å². The van der Waals surface area contributed by atoms with Crippen molar-refractivity contribution in [2.45, 2.75) is 70.1 Å². The number of hydrogen-bond donors (Lipinski definition) is 4. The Hall–Kier alpha value is -0.190. The van der Waals surface area contributed by atoms with Crippen LogP contribution in [0.1, 0.15) is 57.8 Å². The summed E-state index contributed by atoms with van der Waals surface area (Å²) in [6, 6.07) is 0. The minimum absolute atomic E-state index is 0.205. The lowest BCUT2D eigenvalue weighted by molar-refractivity contribution is -0.873. The van der Waals surface area contributed by atoms with Gasteiger partial charge in [0.25, 0.3) is 7.82 Å². The molecule has 0 aromatic rings. The third-order valence-corrected chi connectivity index (χ3v) is 5.53. The van der Waals surface area contributed by atoms with Gasteiger partial charge in [0.2, 0.25) is 5.91 Å². The number of likely N-dealkylation sites (N-methyl/N-ethyl adjacent to an activating group) is 1. The molecular formula is C19H41N2O7PS. The van der Waals surface area contributed by atoms with E-state index in [0.29, 0.717) is 10.9 Å². The number of quaternary nitrogens is 1. The fourth-order valence-electron chi connectivity index (χ4n) is 2.73. The van der Waals surface area contributed by atoms with Crippen LogP contribution >= 0.6 is 20.5 Å². The zero-order chi connectivity index (χ0) is 23.0. The molecule has 0 spiro atoms. The summed E-state index contributed by atoms with van der Waals surface area (Å²) >= 11 is 4.20. The quantitative estimate of drug-likeness (QED) is 0.0736. The Morgan fingerprint density at radius 1 is 1.10 bits per heavy atom. The number of carbonyl (C=O) groups is 1. The Morgan fingerprint density at radius 2 is 1.63 bits per heavy atom. The molecule has 0 saturated carbocycles. The van der Waals surface area contributed by atoms with Gasteiger partial charge < -0.3 is 29.4 Å². The maximum atomic E-state index is 12.2. The van der Waals surface area contributed by atoms with Gasteiger partial charge in [-0.25, -0.2) is 0 Å². The monoisotopic (exact) mass is 472 g/mol. The minimum Gasteiger partial charge on any atom is -0.756 e. The Kier molecular flexibility index (Phi) is 16.3. The molecule has 0 aromatic heterocycles. The number of hydrogen-bond acceptors (Lipinski definition) is 8. The first-order valence-corrected chi connectivity index (χ1v) is 12.7. The number of thiol groups is 1. The summed E-state index contributed by atoms with van der Waals surface area (Å²) in [6.07, 6.45) is 6.57.